The molecule has 1 aromatic heterocycles. The summed E-state index contributed by atoms with van der Waals surface area (Å²) in [6.07, 6.45) is 3.61. The Morgan fingerprint density at radius 1 is 1.00 bits per heavy atom. The van der Waals surface area contributed by atoms with Gasteiger partial charge in [-0.1, -0.05) is 12.1 Å². The van der Waals surface area contributed by atoms with Gasteiger partial charge < -0.3 is 4.72 Å². The highest BCUT2D eigenvalue weighted by atomic mass is 32.2. The maximum atomic E-state index is 12.8. The average molecular weight is 270 g/mol. The van der Waals surface area contributed by atoms with Crippen LogP contribution in [0.4, 0.5) is 10.1 Å². The molecule has 0 bridgehead atoms. The molecule has 2 aromatic carbocycles. The Morgan fingerprint density at radius 3 is 2.68 bits per heavy atom. The van der Waals surface area contributed by atoms with Crippen LogP contribution in [0.25, 0.3) is 10.8 Å². The quantitative estimate of drug-likeness (QED) is 0.710. The van der Waals surface area contributed by atoms with Crippen LogP contribution in [0.3, 0.4) is 0 Å². The molecule has 94 valence electrons. The number of fused-ring (bicyclic) bond motifs is 1. The molecule has 2 nitrogen and oxygen atoms in total. The number of hydrogen-bond acceptors (Lipinski definition) is 3. The highest BCUT2D eigenvalue weighted by Crippen LogP contribution is 2.27. The molecule has 1 heterocycles. The topological polar surface area (TPSA) is 24.9 Å². The van der Waals surface area contributed by atoms with Gasteiger partial charge >= 0.3 is 0 Å². The first-order chi connectivity index (χ1) is 9.33. The molecular formula is C15H11FN2S. The molecule has 3 rings (SSSR count). The highest BCUT2D eigenvalue weighted by Gasteiger charge is 2.01. The summed E-state index contributed by atoms with van der Waals surface area (Å²) in [5.41, 5.74) is 1.02. The Bertz CT molecular complexity index is 693. The van der Waals surface area contributed by atoms with Gasteiger partial charge in [-0.3, -0.25) is 4.98 Å². The van der Waals surface area contributed by atoms with Gasteiger partial charge in [0.25, 0.3) is 0 Å². The van der Waals surface area contributed by atoms with Gasteiger partial charge in [-0.15, -0.1) is 0 Å². The maximum absolute atomic E-state index is 12.8. The summed E-state index contributed by atoms with van der Waals surface area (Å²) in [4.78, 5) is 5.07. The van der Waals surface area contributed by atoms with Crippen molar-refractivity contribution in [2.45, 2.75) is 4.90 Å². The number of pyridine rings is 1. The maximum Gasteiger partial charge on any atom is 0.123 e. The lowest BCUT2D eigenvalue weighted by molar-refractivity contribution is 0.626. The monoisotopic (exact) mass is 270 g/mol. The number of rotatable bonds is 3. The van der Waals surface area contributed by atoms with E-state index in [0.717, 1.165) is 21.4 Å². The lowest BCUT2D eigenvalue weighted by atomic mass is 10.1. The number of nitrogens with zero attached hydrogens (tertiary/aromatic N) is 1. The Labute approximate surface area is 114 Å². The zero-order valence-electron chi connectivity index (χ0n) is 10.0. The van der Waals surface area contributed by atoms with Crippen molar-refractivity contribution in [1.29, 1.82) is 0 Å². The van der Waals surface area contributed by atoms with Crippen LogP contribution in [0, 0.1) is 5.82 Å². The fraction of sp³-hybridized carbons (Fsp3) is 0. The minimum absolute atomic E-state index is 0.222. The molecule has 0 aliphatic rings. The van der Waals surface area contributed by atoms with Crippen molar-refractivity contribution in [1.82, 2.24) is 4.98 Å². The van der Waals surface area contributed by atoms with E-state index in [4.69, 9.17) is 0 Å². The van der Waals surface area contributed by atoms with Crippen LogP contribution in [-0.2, 0) is 0 Å². The van der Waals surface area contributed by atoms with Crippen molar-refractivity contribution >= 4 is 28.4 Å². The van der Waals surface area contributed by atoms with E-state index in [1.807, 2.05) is 30.5 Å². The third kappa shape index (κ3) is 2.69. The van der Waals surface area contributed by atoms with Gasteiger partial charge in [-0.25, -0.2) is 4.39 Å². The molecule has 4 heteroatoms. The third-order valence-electron chi connectivity index (χ3n) is 2.77. The number of nitrogens with one attached hydrogen (secondary N) is 1. The van der Waals surface area contributed by atoms with Crippen molar-refractivity contribution in [3.63, 3.8) is 0 Å². The Morgan fingerprint density at radius 2 is 1.84 bits per heavy atom. The zero-order chi connectivity index (χ0) is 13.1. The van der Waals surface area contributed by atoms with Crippen LogP contribution >= 0.6 is 11.9 Å². The summed E-state index contributed by atoms with van der Waals surface area (Å²) < 4.78 is 16.1. The summed E-state index contributed by atoms with van der Waals surface area (Å²) in [7, 11) is 0. The molecule has 0 atom stereocenters. The second kappa shape index (κ2) is 5.28. The predicted molar refractivity (Wildman–Crippen MR) is 77.6 cm³/mol. The third-order valence-corrected chi connectivity index (χ3v) is 3.60. The van der Waals surface area contributed by atoms with Gasteiger partial charge in [-0.2, -0.15) is 0 Å². The van der Waals surface area contributed by atoms with Crippen molar-refractivity contribution < 1.29 is 4.39 Å². The van der Waals surface area contributed by atoms with Gasteiger partial charge in [0.05, 0.1) is 5.69 Å². The summed E-state index contributed by atoms with van der Waals surface area (Å²) in [5, 5.41) is 2.21. The molecule has 0 amide bonds. The number of benzene rings is 2. The Balaban J connectivity index is 1.84. The van der Waals surface area contributed by atoms with Crippen molar-refractivity contribution in [2.75, 3.05) is 4.72 Å². The molecule has 3 aromatic rings. The first kappa shape index (κ1) is 12.0. The standard InChI is InChI=1S/C15H11FN2S/c16-12-4-6-13(7-5-12)19-18-15-3-1-2-11-10-17-9-8-14(11)15/h1-10,18H. The molecule has 0 saturated heterocycles. The molecule has 19 heavy (non-hydrogen) atoms. The van der Waals surface area contributed by atoms with E-state index >= 15 is 0 Å². The molecule has 0 radical (unpaired) electrons. The fourth-order valence-electron chi connectivity index (χ4n) is 1.83. The minimum atomic E-state index is -0.222. The van der Waals surface area contributed by atoms with Gasteiger partial charge in [0.15, 0.2) is 0 Å². The van der Waals surface area contributed by atoms with Crippen molar-refractivity contribution in [3.8, 4) is 0 Å². The van der Waals surface area contributed by atoms with Crippen LogP contribution in [0.2, 0.25) is 0 Å². The molecule has 0 fully saturated rings. The van der Waals surface area contributed by atoms with E-state index in [-0.39, 0.29) is 5.82 Å². The minimum Gasteiger partial charge on any atom is -0.325 e. The number of anilines is 1. The molecule has 0 saturated carbocycles. The first-order valence-corrected chi connectivity index (χ1v) is 6.66. The van der Waals surface area contributed by atoms with Gasteiger partial charge in [0.1, 0.15) is 5.82 Å². The summed E-state index contributed by atoms with van der Waals surface area (Å²) >= 11 is 1.46. The van der Waals surface area contributed by atoms with Crippen LogP contribution in [0.15, 0.2) is 65.8 Å². The summed E-state index contributed by atoms with van der Waals surface area (Å²) in [6.45, 7) is 0. The summed E-state index contributed by atoms with van der Waals surface area (Å²) in [5.74, 6) is -0.222. The Hall–Kier alpha value is -2.07. The van der Waals surface area contributed by atoms with E-state index in [2.05, 4.69) is 9.71 Å². The largest absolute Gasteiger partial charge is 0.325 e. The molecular weight excluding hydrogens is 259 g/mol. The van der Waals surface area contributed by atoms with Crippen molar-refractivity contribution in [2.24, 2.45) is 0 Å². The molecule has 0 aliphatic carbocycles. The van der Waals surface area contributed by atoms with Gasteiger partial charge in [-0.05, 0) is 48.3 Å². The number of halogens is 1. The summed E-state index contributed by atoms with van der Waals surface area (Å²) in [6, 6.07) is 14.4. The Kier molecular flexibility index (Phi) is 3.33. The van der Waals surface area contributed by atoms with E-state index < -0.39 is 0 Å². The molecule has 0 unspecified atom stereocenters. The molecule has 0 spiro atoms. The van der Waals surface area contributed by atoms with Crippen LogP contribution in [0.5, 0.6) is 0 Å². The van der Waals surface area contributed by atoms with E-state index in [1.165, 1.54) is 24.1 Å². The van der Waals surface area contributed by atoms with Gasteiger partial charge in [0, 0.05) is 28.1 Å². The fourth-order valence-corrected chi connectivity index (χ4v) is 2.51. The number of hydrogen-bond donors (Lipinski definition) is 1. The lowest BCUT2D eigenvalue weighted by Crippen LogP contribution is -1.88. The SMILES string of the molecule is Fc1ccc(SNc2cccc3cnccc23)cc1. The molecule has 1 N–H and O–H groups in total. The van der Waals surface area contributed by atoms with E-state index in [9.17, 15) is 4.39 Å². The zero-order valence-corrected chi connectivity index (χ0v) is 10.8. The van der Waals surface area contributed by atoms with Crippen LogP contribution in [-0.4, -0.2) is 4.98 Å². The average Bonchev–Trinajstić information content (AvgIpc) is 2.47. The normalized spacial score (nSPS) is 10.6. The number of aromatic nitrogens is 1. The van der Waals surface area contributed by atoms with Crippen LogP contribution in [0.1, 0.15) is 0 Å². The highest BCUT2D eigenvalue weighted by molar-refractivity contribution is 8.00. The van der Waals surface area contributed by atoms with Gasteiger partial charge in [0.2, 0.25) is 0 Å². The second-order valence-corrected chi connectivity index (χ2v) is 4.94. The van der Waals surface area contributed by atoms with Crippen LogP contribution < -0.4 is 4.72 Å². The predicted octanol–water partition coefficient (Wildman–Crippen LogP) is 4.49. The first-order valence-electron chi connectivity index (χ1n) is 5.84. The lowest BCUT2D eigenvalue weighted by Gasteiger charge is -2.08. The smallest absolute Gasteiger partial charge is 0.123 e. The van der Waals surface area contributed by atoms with Crippen molar-refractivity contribution in [3.05, 3.63) is 66.7 Å². The van der Waals surface area contributed by atoms with E-state index in [0.29, 0.717) is 0 Å². The van der Waals surface area contributed by atoms with E-state index in [1.54, 1.807) is 18.3 Å². The second-order valence-electron chi connectivity index (χ2n) is 4.06. The molecule has 0 aliphatic heterocycles.